The minimum absolute atomic E-state index is 0.104. The lowest BCUT2D eigenvalue weighted by atomic mass is 9.69. The molecule has 2 atom stereocenters. The van der Waals surface area contributed by atoms with Crippen LogP contribution in [-0.2, 0) is 4.74 Å². The molecule has 0 aliphatic carbocycles. The third kappa shape index (κ3) is 2.22. The van der Waals surface area contributed by atoms with Gasteiger partial charge in [0.2, 0.25) is 0 Å². The first-order valence-corrected chi connectivity index (χ1v) is 5.08. The van der Waals surface area contributed by atoms with Gasteiger partial charge >= 0.3 is 0 Å². The molecule has 1 rings (SSSR count). The number of hydrogen-bond acceptors (Lipinski definition) is 3. The van der Waals surface area contributed by atoms with Gasteiger partial charge in [-0.1, -0.05) is 6.92 Å². The van der Waals surface area contributed by atoms with Crippen molar-refractivity contribution in [3.63, 3.8) is 0 Å². The van der Waals surface area contributed by atoms with Crippen LogP contribution in [0.2, 0.25) is 0 Å². The van der Waals surface area contributed by atoms with E-state index in [1.54, 1.807) is 0 Å². The smallest absolute Gasteiger partial charge is 0.0543 e. The van der Waals surface area contributed by atoms with Crippen molar-refractivity contribution in [3.05, 3.63) is 0 Å². The molecule has 2 unspecified atom stereocenters. The van der Waals surface area contributed by atoms with Crippen molar-refractivity contribution in [1.29, 1.82) is 0 Å². The highest BCUT2D eigenvalue weighted by Crippen LogP contribution is 2.38. The van der Waals surface area contributed by atoms with Crippen LogP contribution in [-0.4, -0.2) is 31.0 Å². The first kappa shape index (κ1) is 11.0. The quantitative estimate of drug-likeness (QED) is 0.686. The molecule has 0 aromatic heterocycles. The Morgan fingerprint density at radius 1 is 1.38 bits per heavy atom. The summed E-state index contributed by atoms with van der Waals surface area (Å²) >= 11 is 0. The van der Waals surface area contributed by atoms with Crippen molar-refractivity contribution in [3.8, 4) is 0 Å². The molecule has 0 aromatic carbocycles. The molecule has 1 aliphatic heterocycles. The second-order valence-electron chi connectivity index (χ2n) is 4.21. The number of nitrogens with two attached hydrogens (primary N) is 1. The lowest BCUT2D eigenvalue weighted by molar-refractivity contribution is -0.0435. The van der Waals surface area contributed by atoms with Crippen molar-refractivity contribution in [2.24, 2.45) is 17.1 Å². The third-order valence-electron chi connectivity index (χ3n) is 3.58. The Labute approximate surface area is 80.3 Å². The highest BCUT2D eigenvalue weighted by Gasteiger charge is 2.38. The van der Waals surface area contributed by atoms with Crippen LogP contribution in [0.1, 0.15) is 26.7 Å². The van der Waals surface area contributed by atoms with Crippen LogP contribution in [0.25, 0.3) is 0 Å². The highest BCUT2D eigenvalue weighted by atomic mass is 16.5. The molecule has 3 N–H and O–H groups in total. The molecule has 0 radical (unpaired) electrons. The summed E-state index contributed by atoms with van der Waals surface area (Å²) in [6.45, 7) is 6.16. The van der Waals surface area contributed by atoms with E-state index in [4.69, 9.17) is 10.5 Å². The molecule has 1 fully saturated rings. The van der Waals surface area contributed by atoms with Gasteiger partial charge in [0, 0.05) is 13.2 Å². The minimum Gasteiger partial charge on any atom is -0.393 e. The molecule has 3 heteroatoms. The molecule has 0 spiro atoms. The minimum atomic E-state index is -0.276. The van der Waals surface area contributed by atoms with Crippen molar-refractivity contribution in [2.75, 3.05) is 19.8 Å². The van der Waals surface area contributed by atoms with Gasteiger partial charge in [0.25, 0.3) is 0 Å². The highest BCUT2D eigenvalue weighted by molar-refractivity contribution is 4.89. The van der Waals surface area contributed by atoms with E-state index < -0.39 is 0 Å². The van der Waals surface area contributed by atoms with Gasteiger partial charge in [0.15, 0.2) is 0 Å². The van der Waals surface area contributed by atoms with E-state index >= 15 is 0 Å². The molecule has 13 heavy (non-hydrogen) atoms. The summed E-state index contributed by atoms with van der Waals surface area (Å²) < 4.78 is 5.32. The summed E-state index contributed by atoms with van der Waals surface area (Å²) in [6.07, 6.45) is 1.69. The van der Waals surface area contributed by atoms with E-state index in [2.05, 4.69) is 6.92 Å². The van der Waals surface area contributed by atoms with Gasteiger partial charge in [-0.2, -0.15) is 0 Å². The lowest BCUT2D eigenvalue weighted by Gasteiger charge is -2.42. The topological polar surface area (TPSA) is 55.5 Å². The van der Waals surface area contributed by atoms with Crippen molar-refractivity contribution in [2.45, 2.75) is 32.8 Å². The van der Waals surface area contributed by atoms with Crippen molar-refractivity contribution >= 4 is 0 Å². The van der Waals surface area contributed by atoms with Crippen LogP contribution in [0.5, 0.6) is 0 Å². The van der Waals surface area contributed by atoms with E-state index in [9.17, 15) is 5.11 Å². The predicted molar refractivity (Wildman–Crippen MR) is 52.4 cm³/mol. The van der Waals surface area contributed by atoms with E-state index in [1.165, 1.54) is 0 Å². The molecule has 3 nitrogen and oxygen atoms in total. The summed E-state index contributed by atoms with van der Waals surface area (Å²) in [7, 11) is 0. The van der Waals surface area contributed by atoms with Crippen LogP contribution in [0.15, 0.2) is 0 Å². The predicted octanol–water partition coefficient (Wildman–Crippen LogP) is 0.759. The number of ether oxygens (including phenoxy) is 1. The van der Waals surface area contributed by atoms with Crippen molar-refractivity contribution < 1.29 is 9.84 Å². The molecule has 1 saturated heterocycles. The summed E-state index contributed by atoms with van der Waals surface area (Å²) in [5, 5.41) is 9.57. The summed E-state index contributed by atoms with van der Waals surface area (Å²) in [5.41, 5.74) is 5.91. The fourth-order valence-electron chi connectivity index (χ4n) is 2.13. The standard InChI is InChI=1S/C10H21NO2/c1-8(9(2)12)10(7-11)3-5-13-6-4-10/h8-9,12H,3-7,11H2,1-2H3. The number of aliphatic hydroxyl groups is 1. The van der Waals surface area contributed by atoms with Crippen LogP contribution in [0, 0.1) is 11.3 Å². The Balaban J connectivity index is 2.66. The normalized spacial score (nSPS) is 26.8. The molecule has 0 amide bonds. The maximum atomic E-state index is 9.57. The Hall–Kier alpha value is -0.120. The van der Waals surface area contributed by atoms with Gasteiger partial charge < -0.3 is 15.6 Å². The second-order valence-corrected chi connectivity index (χ2v) is 4.21. The van der Waals surface area contributed by atoms with E-state index in [0.29, 0.717) is 6.54 Å². The van der Waals surface area contributed by atoms with Gasteiger partial charge in [0.05, 0.1) is 6.10 Å². The zero-order valence-electron chi connectivity index (χ0n) is 8.62. The largest absolute Gasteiger partial charge is 0.393 e. The molecule has 1 aliphatic rings. The van der Waals surface area contributed by atoms with Crippen LogP contribution in [0.3, 0.4) is 0 Å². The van der Waals surface area contributed by atoms with Crippen LogP contribution in [0.4, 0.5) is 0 Å². The van der Waals surface area contributed by atoms with Crippen LogP contribution >= 0.6 is 0 Å². The Morgan fingerprint density at radius 3 is 2.31 bits per heavy atom. The first-order valence-electron chi connectivity index (χ1n) is 5.08. The maximum absolute atomic E-state index is 9.57. The van der Waals surface area contributed by atoms with Gasteiger partial charge in [-0.05, 0) is 37.6 Å². The molecule has 0 saturated carbocycles. The molecule has 78 valence electrons. The monoisotopic (exact) mass is 187 g/mol. The number of aliphatic hydroxyl groups excluding tert-OH is 1. The van der Waals surface area contributed by atoms with E-state index in [1.807, 2.05) is 6.92 Å². The summed E-state index contributed by atoms with van der Waals surface area (Å²) in [6, 6.07) is 0. The lowest BCUT2D eigenvalue weighted by Crippen LogP contribution is -2.45. The van der Waals surface area contributed by atoms with Crippen LogP contribution < -0.4 is 5.73 Å². The van der Waals surface area contributed by atoms with E-state index in [-0.39, 0.29) is 17.4 Å². The fourth-order valence-corrected chi connectivity index (χ4v) is 2.13. The average Bonchev–Trinajstić information content (AvgIpc) is 2.17. The molecular weight excluding hydrogens is 166 g/mol. The first-order chi connectivity index (χ1) is 6.12. The number of rotatable bonds is 3. The number of hydrogen-bond donors (Lipinski definition) is 2. The van der Waals surface area contributed by atoms with Crippen molar-refractivity contribution in [1.82, 2.24) is 0 Å². The molecule has 0 bridgehead atoms. The fraction of sp³-hybridized carbons (Fsp3) is 1.00. The Bertz CT molecular complexity index is 153. The van der Waals surface area contributed by atoms with Gasteiger partial charge in [-0.15, -0.1) is 0 Å². The Kier molecular flexibility index (Phi) is 3.71. The summed E-state index contributed by atoms with van der Waals surface area (Å²) in [4.78, 5) is 0. The zero-order valence-corrected chi connectivity index (χ0v) is 8.62. The zero-order chi connectivity index (χ0) is 9.90. The second kappa shape index (κ2) is 4.40. The molecule has 1 heterocycles. The average molecular weight is 187 g/mol. The summed E-state index contributed by atoms with van der Waals surface area (Å²) in [5.74, 6) is 0.265. The Morgan fingerprint density at radius 2 is 1.92 bits per heavy atom. The third-order valence-corrected chi connectivity index (χ3v) is 3.58. The van der Waals surface area contributed by atoms with Gasteiger partial charge in [0.1, 0.15) is 0 Å². The molecular formula is C10H21NO2. The molecule has 0 aromatic rings. The van der Waals surface area contributed by atoms with E-state index in [0.717, 1.165) is 26.1 Å². The SMILES string of the molecule is CC(O)C(C)C1(CN)CCOCC1. The van der Waals surface area contributed by atoms with Gasteiger partial charge in [-0.25, -0.2) is 0 Å². The maximum Gasteiger partial charge on any atom is 0.0543 e. The van der Waals surface area contributed by atoms with Gasteiger partial charge in [-0.3, -0.25) is 0 Å².